The van der Waals surface area contributed by atoms with Gasteiger partial charge >= 0.3 is 0 Å². The molecule has 0 aromatic carbocycles. The van der Waals surface area contributed by atoms with Crippen molar-refractivity contribution in [1.82, 2.24) is 9.88 Å². The van der Waals surface area contributed by atoms with Crippen molar-refractivity contribution in [2.75, 3.05) is 18.4 Å². The number of rotatable bonds is 2. The second kappa shape index (κ2) is 4.71. The first-order valence-corrected chi connectivity index (χ1v) is 5.62. The highest BCUT2D eigenvalue weighted by Gasteiger charge is 2.33. The zero-order chi connectivity index (χ0) is 12.4. The van der Waals surface area contributed by atoms with E-state index in [1.807, 2.05) is 0 Å². The maximum atomic E-state index is 11.7. The van der Waals surface area contributed by atoms with Gasteiger partial charge in [0.05, 0.1) is 17.8 Å². The molecule has 90 valence electrons. The molecular formula is C11H12ClN3O2. The molecule has 1 aromatic rings. The van der Waals surface area contributed by atoms with E-state index < -0.39 is 0 Å². The lowest BCUT2D eigenvalue weighted by Gasteiger charge is -2.37. The van der Waals surface area contributed by atoms with Gasteiger partial charge < -0.3 is 10.2 Å². The maximum Gasteiger partial charge on any atom is 0.231 e. The monoisotopic (exact) mass is 253 g/mol. The molecule has 1 aliphatic rings. The molecule has 0 aliphatic carbocycles. The SMILES string of the molecule is CC(=O)N1CC(C(=O)Nc2ccc(Cl)nc2)C1. The average molecular weight is 254 g/mol. The molecule has 1 fully saturated rings. The Bertz CT molecular complexity index is 441. The van der Waals surface area contributed by atoms with Gasteiger partial charge in [-0.1, -0.05) is 11.6 Å². The van der Waals surface area contributed by atoms with Crippen LogP contribution in [0.3, 0.4) is 0 Å². The van der Waals surface area contributed by atoms with E-state index in [-0.39, 0.29) is 17.7 Å². The molecule has 0 unspecified atom stereocenters. The van der Waals surface area contributed by atoms with Crippen molar-refractivity contribution in [2.24, 2.45) is 5.92 Å². The molecular weight excluding hydrogens is 242 g/mol. The molecule has 0 bridgehead atoms. The number of halogens is 1. The van der Waals surface area contributed by atoms with E-state index in [0.29, 0.717) is 23.9 Å². The third kappa shape index (κ3) is 2.74. The topological polar surface area (TPSA) is 62.3 Å². The minimum absolute atomic E-state index is 0.00205. The summed E-state index contributed by atoms with van der Waals surface area (Å²) in [5.74, 6) is -0.219. The summed E-state index contributed by atoms with van der Waals surface area (Å²) in [7, 11) is 0. The van der Waals surface area contributed by atoms with Gasteiger partial charge in [0.2, 0.25) is 11.8 Å². The molecule has 17 heavy (non-hydrogen) atoms. The largest absolute Gasteiger partial charge is 0.341 e. The highest BCUT2D eigenvalue weighted by Crippen LogP contribution is 2.18. The highest BCUT2D eigenvalue weighted by atomic mass is 35.5. The fraction of sp³-hybridized carbons (Fsp3) is 0.364. The smallest absolute Gasteiger partial charge is 0.231 e. The quantitative estimate of drug-likeness (QED) is 0.805. The minimum atomic E-state index is -0.130. The van der Waals surface area contributed by atoms with Crippen LogP contribution in [0.5, 0.6) is 0 Å². The molecule has 2 rings (SSSR count). The fourth-order valence-electron chi connectivity index (χ4n) is 1.60. The van der Waals surface area contributed by atoms with Crippen LogP contribution in [-0.4, -0.2) is 34.8 Å². The number of anilines is 1. The van der Waals surface area contributed by atoms with Gasteiger partial charge in [0.25, 0.3) is 0 Å². The summed E-state index contributed by atoms with van der Waals surface area (Å²) in [4.78, 5) is 28.2. The molecule has 1 N–H and O–H groups in total. The lowest BCUT2D eigenvalue weighted by atomic mass is 9.99. The molecule has 0 spiro atoms. The van der Waals surface area contributed by atoms with Crippen LogP contribution >= 0.6 is 11.6 Å². The van der Waals surface area contributed by atoms with Crippen LogP contribution in [-0.2, 0) is 9.59 Å². The van der Waals surface area contributed by atoms with Crippen molar-refractivity contribution >= 4 is 29.1 Å². The Morgan fingerprint density at radius 3 is 2.71 bits per heavy atom. The first kappa shape index (κ1) is 11.9. The molecule has 1 aromatic heterocycles. The summed E-state index contributed by atoms with van der Waals surface area (Å²) in [6, 6.07) is 3.30. The van der Waals surface area contributed by atoms with Crippen molar-refractivity contribution in [3.63, 3.8) is 0 Å². The number of hydrogen-bond donors (Lipinski definition) is 1. The second-order valence-electron chi connectivity index (χ2n) is 3.98. The summed E-state index contributed by atoms with van der Waals surface area (Å²) in [5.41, 5.74) is 0.612. The number of pyridine rings is 1. The van der Waals surface area contributed by atoms with Crippen molar-refractivity contribution in [3.05, 3.63) is 23.5 Å². The predicted molar refractivity (Wildman–Crippen MR) is 63.6 cm³/mol. The van der Waals surface area contributed by atoms with Gasteiger partial charge in [0.15, 0.2) is 0 Å². The predicted octanol–water partition coefficient (Wildman–Crippen LogP) is 1.15. The number of amides is 2. The number of nitrogens with zero attached hydrogens (tertiary/aromatic N) is 2. The van der Waals surface area contributed by atoms with E-state index in [2.05, 4.69) is 10.3 Å². The van der Waals surface area contributed by atoms with E-state index in [0.717, 1.165) is 0 Å². The van der Waals surface area contributed by atoms with Crippen LogP contribution in [0, 0.1) is 5.92 Å². The van der Waals surface area contributed by atoms with E-state index in [9.17, 15) is 9.59 Å². The van der Waals surface area contributed by atoms with Crippen molar-refractivity contribution < 1.29 is 9.59 Å². The Balaban J connectivity index is 1.87. The third-order valence-corrected chi connectivity index (χ3v) is 2.92. The van der Waals surface area contributed by atoms with Gasteiger partial charge in [-0.05, 0) is 12.1 Å². The Morgan fingerprint density at radius 1 is 1.47 bits per heavy atom. The normalized spacial score (nSPS) is 15.3. The summed E-state index contributed by atoms with van der Waals surface area (Å²) >= 11 is 5.64. The first-order valence-electron chi connectivity index (χ1n) is 5.24. The molecule has 0 radical (unpaired) electrons. The zero-order valence-electron chi connectivity index (χ0n) is 9.31. The Kier molecular flexibility index (Phi) is 3.28. The molecule has 1 aliphatic heterocycles. The molecule has 2 heterocycles. The number of carbonyl (C=O) groups is 2. The van der Waals surface area contributed by atoms with Crippen LogP contribution in [0.25, 0.3) is 0 Å². The number of hydrogen-bond acceptors (Lipinski definition) is 3. The van der Waals surface area contributed by atoms with Crippen LogP contribution in [0.4, 0.5) is 5.69 Å². The van der Waals surface area contributed by atoms with Crippen LogP contribution in [0.15, 0.2) is 18.3 Å². The Labute approximate surface area is 104 Å². The lowest BCUT2D eigenvalue weighted by molar-refractivity contribution is -0.139. The third-order valence-electron chi connectivity index (χ3n) is 2.69. The van der Waals surface area contributed by atoms with Crippen LogP contribution < -0.4 is 5.32 Å². The molecule has 2 amide bonds. The summed E-state index contributed by atoms with van der Waals surface area (Å²) in [5, 5.41) is 3.12. The van der Waals surface area contributed by atoms with Gasteiger partial charge in [0, 0.05) is 20.0 Å². The highest BCUT2D eigenvalue weighted by molar-refractivity contribution is 6.29. The molecule has 0 saturated carbocycles. The van der Waals surface area contributed by atoms with Gasteiger partial charge in [0.1, 0.15) is 5.15 Å². The number of carbonyl (C=O) groups excluding carboxylic acids is 2. The van der Waals surface area contributed by atoms with E-state index in [1.165, 1.54) is 13.1 Å². The van der Waals surface area contributed by atoms with Crippen molar-refractivity contribution in [3.8, 4) is 0 Å². The Morgan fingerprint density at radius 2 is 2.18 bits per heavy atom. The number of nitrogens with one attached hydrogen (secondary N) is 1. The molecule has 5 nitrogen and oxygen atoms in total. The summed E-state index contributed by atoms with van der Waals surface area (Å²) in [6.07, 6.45) is 1.50. The van der Waals surface area contributed by atoms with Crippen molar-refractivity contribution in [2.45, 2.75) is 6.92 Å². The average Bonchev–Trinajstić information content (AvgIpc) is 2.18. The summed E-state index contributed by atoms with van der Waals surface area (Å²) in [6.45, 7) is 2.47. The van der Waals surface area contributed by atoms with Crippen LogP contribution in [0.1, 0.15) is 6.92 Å². The number of aromatic nitrogens is 1. The van der Waals surface area contributed by atoms with Crippen LogP contribution in [0.2, 0.25) is 5.15 Å². The molecule has 1 saturated heterocycles. The van der Waals surface area contributed by atoms with Gasteiger partial charge in [-0.2, -0.15) is 0 Å². The molecule has 0 atom stereocenters. The van der Waals surface area contributed by atoms with Crippen molar-refractivity contribution in [1.29, 1.82) is 0 Å². The first-order chi connectivity index (χ1) is 8.06. The maximum absolute atomic E-state index is 11.7. The van der Waals surface area contributed by atoms with E-state index in [4.69, 9.17) is 11.6 Å². The van der Waals surface area contributed by atoms with Gasteiger partial charge in [-0.25, -0.2) is 4.98 Å². The standard InChI is InChI=1S/C11H12ClN3O2/c1-7(16)15-5-8(6-15)11(17)14-9-2-3-10(12)13-4-9/h2-4,8H,5-6H2,1H3,(H,14,17). The zero-order valence-corrected chi connectivity index (χ0v) is 10.1. The van der Waals surface area contributed by atoms with Gasteiger partial charge in [-0.15, -0.1) is 0 Å². The minimum Gasteiger partial charge on any atom is -0.341 e. The fourth-order valence-corrected chi connectivity index (χ4v) is 1.71. The molecule has 6 heteroatoms. The second-order valence-corrected chi connectivity index (χ2v) is 4.37. The summed E-state index contributed by atoms with van der Waals surface area (Å²) < 4.78 is 0. The lowest BCUT2D eigenvalue weighted by Crippen LogP contribution is -2.53. The number of likely N-dealkylation sites (tertiary alicyclic amines) is 1. The Hall–Kier alpha value is -1.62. The van der Waals surface area contributed by atoms with E-state index in [1.54, 1.807) is 17.0 Å². The van der Waals surface area contributed by atoms with E-state index >= 15 is 0 Å². The van der Waals surface area contributed by atoms with Gasteiger partial charge in [-0.3, -0.25) is 9.59 Å².